The molecule has 0 aliphatic rings. The molecule has 10 nitrogen and oxygen atoms in total. The zero-order valence-corrected chi connectivity index (χ0v) is 14.6. The molecule has 0 bridgehead atoms. The Balaban J connectivity index is 1.73. The van der Waals surface area contributed by atoms with Crippen molar-refractivity contribution in [3.8, 4) is 0 Å². The first kappa shape index (κ1) is 20.5. The maximum absolute atomic E-state index is 11.7. The predicted octanol–water partition coefficient (Wildman–Crippen LogP) is 3.07. The summed E-state index contributed by atoms with van der Waals surface area (Å²) in [6.45, 7) is -0.299. The van der Waals surface area contributed by atoms with Gasteiger partial charge in [0.1, 0.15) is 13.2 Å². The second-order valence-corrected chi connectivity index (χ2v) is 5.68. The third kappa shape index (κ3) is 6.48. The Morgan fingerprint density at radius 1 is 0.750 bits per heavy atom. The highest BCUT2D eigenvalue weighted by Crippen LogP contribution is 2.15. The molecule has 2 aromatic rings. The van der Waals surface area contributed by atoms with Crippen LogP contribution in [-0.2, 0) is 32.3 Å². The predicted molar refractivity (Wildman–Crippen MR) is 95.0 cm³/mol. The number of ether oxygens (including phenoxy) is 2. The molecular weight excluding hydrogens is 372 g/mol. The first-order valence-electron chi connectivity index (χ1n) is 8.13. The van der Waals surface area contributed by atoms with E-state index in [0.717, 1.165) is 0 Å². The lowest BCUT2D eigenvalue weighted by Gasteiger charge is -2.06. The van der Waals surface area contributed by atoms with Gasteiger partial charge in [-0.2, -0.15) is 0 Å². The molecule has 0 saturated heterocycles. The quantitative estimate of drug-likeness (QED) is 0.363. The standard InChI is InChI=1S/C18H16N2O8/c21-17(27-11-13-3-1-5-15(9-13)19(23)24)7-8-18(22)28-12-14-4-2-6-16(10-14)20(25)26/h1-6,9-10H,7-8,11-12H2. The number of benzene rings is 2. The minimum atomic E-state index is -0.654. The molecule has 146 valence electrons. The van der Waals surface area contributed by atoms with Gasteiger partial charge in [-0.25, -0.2) is 0 Å². The summed E-state index contributed by atoms with van der Waals surface area (Å²) in [5.41, 5.74) is 0.683. The molecule has 0 aromatic heterocycles. The Kier molecular flexibility index (Phi) is 7.14. The molecule has 0 aliphatic heterocycles. The molecule has 0 unspecified atom stereocenters. The highest BCUT2D eigenvalue weighted by molar-refractivity contribution is 5.77. The van der Waals surface area contributed by atoms with Crippen LogP contribution in [0.4, 0.5) is 11.4 Å². The number of carbonyl (C=O) groups is 2. The molecule has 0 amide bonds. The average Bonchev–Trinajstić information content (AvgIpc) is 2.69. The van der Waals surface area contributed by atoms with Gasteiger partial charge in [-0.3, -0.25) is 29.8 Å². The summed E-state index contributed by atoms with van der Waals surface area (Å²) >= 11 is 0. The molecule has 0 fully saturated rings. The van der Waals surface area contributed by atoms with Crippen LogP contribution in [0.5, 0.6) is 0 Å². The number of esters is 2. The van der Waals surface area contributed by atoms with Gasteiger partial charge < -0.3 is 9.47 Å². The summed E-state index contributed by atoms with van der Waals surface area (Å²) in [4.78, 5) is 43.7. The van der Waals surface area contributed by atoms with Gasteiger partial charge in [-0.05, 0) is 11.1 Å². The van der Waals surface area contributed by atoms with Crippen molar-refractivity contribution < 1.29 is 28.9 Å². The Labute approximate surface area is 159 Å². The maximum atomic E-state index is 11.7. The fourth-order valence-corrected chi connectivity index (χ4v) is 2.20. The summed E-state index contributed by atoms with van der Waals surface area (Å²) in [6.07, 6.45) is -0.439. The van der Waals surface area contributed by atoms with Crippen molar-refractivity contribution in [3.63, 3.8) is 0 Å². The Morgan fingerprint density at radius 2 is 1.14 bits per heavy atom. The normalized spacial score (nSPS) is 10.1. The highest BCUT2D eigenvalue weighted by Gasteiger charge is 2.12. The first-order valence-corrected chi connectivity index (χ1v) is 8.13. The van der Waals surface area contributed by atoms with Crippen molar-refractivity contribution in [3.05, 3.63) is 79.9 Å². The second-order valence-electron chi connectivity index (χ2n) is 5.68. The van der Waals surface area contributed by atoms with Gasteiger partial charge in [-0.15, -0.1) is 0 Å². The fourth-order valence-electron chi connectivity index (χ4n) is 2.20. The van der Waals surface area contributed by atoms with E-state index in [9.17, 15) is 29.8 Å². The zero-order valence-electron chi connectivity index (χ0n) is 14.6. The Hall–Kier alpha value is -3.82. The van der Waals surface area contributed by atoms with Crippen molar-refractivity contribution >= 4 is 23.3 Å². The number of carbonyl (C=O) groups excluding carboxylic acids is 2. The molecule has 0 heterocycles. The van der Waals surface area contributed by atoms with Crippen molar-refractivity contribution in [1.82, 2.24) is 0 Å². The monoisotopic (exact) mass is 388 g/mol. The summed E-state index contributed by atoms with van der Waals surface area (Å²) in [5.74, 6) is -1.31. The number of hydrogen-bond donors (Lipinski definition) is 0. The van der Waals surface area contributed by atoms with Gasteiger partial charge in [0.05, 0.1) is 22.7 Å². The summed E-state index contributed by atoms with van der Waals surface area (Å²) in [5, 5.41) is 21.4. The van der Waals surface area contributed by atoms with Crippen LogP contribution in [0.1, 0.15) is 24.0 Å². The highest BCUT2D eigenvalue weighted by atomic mass is 16.6. The lowest BCUT2D eigenvalue weighted by molar-refractivity contribution is -0.385. The van der Waals surface area contributed by atoms with Crippen LogP contribution >= 0.6 is 0 Å². The van der Waals surface area contributed by atoms with E-state index in [1.54, 1.807) is 12.1 Å². The smallest absolute Gasteiger partial charge is 0.306 e. The van der Waals surface area contributed by atoms with E-state index in [2.05, 4.69) is 0 Å². The van der Waals surface area contributed by atoms with E-state index in [-0.39, 0.29) is 37.4 Å². The second kappa shape index (κ2) is 9.76. The first-order chi connectivity index (χ1) is 13.3. The molecule has 28 heavy (non-hydrogen) atoms. The zero-order chi connectivity index (χ0) is 20.5. The molecule has 2 aromatic carbocycles. The van der Waals surface area contributed by atoms with E-state index < -0.39 is 21.8 Å². The van der Waals surface area contributed by atoms with Crippen molar-refractivity contribution in [2.24, 2.45) is 0 Å². The van der Waals surface area contributed by atoms with Crippen LogP contribution in [0.3, 0.4) is 0 Å². The van der Waals surface area contributed by atoms with E-state index in [1.807, 2.05) is 0 Å². The van der Waals surface area contributed by atoms with E-state index in [1.165, 1.54) is 36.4 Å². The minimum Gasteiger partial charge on any atom is -0.461 e. The summed E-state index contributed by atoms with van der Waals surface area (Å²) in [7, 11) is 0. The minimum absolute atomic E-state index is 0.113. The molecule has 0 atom stereocenters. The fraction of sp³-hybridized carbons (Fsp3) is 0.222. The third-order valence-electron chi connectivity index (χ3n) is 3.58. The van der Waals surface area contributed by atoms with Crippen LogP contribution in [0.15, 0.2) is 48.5 Å². The van der Waals surface area contributed by atoms with Gasteiger partial charge in [0.2, 0.25) is 0 Å². The van der Waals surface area contributed by atoms with Crippen molar-refractivity contribution in [2.75, 3.05) is 0 Å². The number of rotatable bonds is 9. The third-order valence-corrected chi connectivity index (χ3v) is 3.58. The molecule has 0 spiro atoms. The molecule has 10 heteroatoms. The summed E-state index contributed by atoms with van der Waals surface area (Å²) in [6, 6.07) is 11.3. The van der Waals surface area contributed by atoms with E-state index in [0.29, 0.717) is 11.1 Å². The number of nitrogens with zero attached hydrogens (tertiary/aromatic N) is 2. The average molecular weight is 388 g/mol. The molecule has 0 aliphatic carbocycles. The molecule has 0 radical (unpaired) electrons. The van der Waals surface area contributed by atoms with E-state index >= 15 is 0 Å². The number of nitro benzene ring substituents is 2. The van der Waals surface area contributed by atoms with Crippen LogP contribution < -0.4 is 0 Å². The van der Waals surface area contributed by atoms with Gasteiger partial charge >= 0.3 is 11.9 Å². The van der Waals surface area contributed by atoms with Gasteiger partial charge in [0.15, 0.2) is 0 Å². The van der Waals surface area contributed by atoms with Crippen molar-refractivity contribution in [2.45, 2.75) is 26.1 Å². The number of non-ortho nitro benzene ring substituents is 2. The van der Waals surface area contributed by atoms with Crippen LogP contribution in [-0.4, -0.2) is 21.8 Å². The topological polar surface area (TPSA) is 139 Å². The number of nitro groups is 2. The lowest BCUT2D eigenvalue weighted by Crippen LogP contribution is -2.10. The van der Waals surface area contributed by atoms with Crippen LogP contribution in [0.25, 0.3) is 0 Å². The molecule has 0 N–H and O–H groups in total. The van der Waals surface area contributed by atoms with Gasteiger partial charge in [0.25, 0.3) is 11.4 Å². The molecule has 0 saturated carbocycles. The lowest BCUT2D eigenvalue weighted by atomic mass is 10.2. The number of hydrogen-bond acceptors (Lipinski definition) is 8. The van der Waals surface area contributed by atoms with E-state index in [4.69, 9.17) is 9.47 Å². The van der Waals surface area contributed by atoms with Crippen molar-refractivity contribution in [1.29, 1.82) is 0 Å². The van der Waals surface area contributed by atoms with Crippen LogP contribution in [0.2, 0.25) is 0 Å². The SMILES string of the molecule is O=C(CCC(=O)OCc1cccc([N+](=O)[O-])c1)OCc1cccc([N+](=O)[O-])c1. The molecule has 2 rings (SSSR count). The Bertz CT molecular complexity index is 823. The maximum Gasteiger partial charge on any atom is 0.306 e. The Morgan fingerprint density at radius 3 is 1.50 bits per heavy atom. The molecular formula is C18H16N2O8. The van der Waals surface area contributed by atoms with Gasteiger partial charge in [-0.1, -0.05) is 24.3 Å². The van der Waals surface area contributed by atoms with Gasteiger partial charge in [0, 0.05) is 24.3 Å². The summed E-state index contributed by atoms with van der Waals surface area (Å²) < 4.78 is 9.95. The largest absolute Gasteiger partial charge is 0.461 e. The van der Waals surface area contributed by atoms with Crippen LogP contribution in [0, 0.1) is 20.2 Å².